The zero-order chi connectivity index (χ0) is 53.2. The lowest BCUT2D eigenvalue weighted by Gasteiger charge is -2.19. The number of nitrogens with one attached hydrogen (secondary N) is 2. The minimum absolute atomic E-state index is 0. The molecule has 25 heteroatoms. The molecule has 2 aliphatic heterocycles. The number of carbonyl (C=O) groups excluding carboxylic acids is 2. The Morgan fingerprint density at radius 1 is 0.684 bits per heavy atom. The number of carbonyl (C=O) groups is 2. The van der Waals surface area contributed by atoms with Crippen LogP contribution >= 0.6 is 36.1 Å². The second kappa shape index (κ2) is 25.9. The van der Waals surface area contributed by atoms with Crippen LogP contribution in [0.1, 0.15) is 102 Å². The molecule has 0 radical (unpaired) electrons. The van der Waals surface area contributed by atoms with Crippen LogP contribution < -0.4 is 25.6 Å². The molecule has 8 aromatic rings. The van der Waals surface area contributed by atoms with E-state index in [-0.39, 0.29) is 48.3 Å². The Morgan fingerprint density at radius 2 is 1.25 bits per heavy atom. The van der Waals surface area contributed by atoms with Gasteiger partial charge in [-0.2, -0.15) is 13.5 Å². The van der Waals surface area contributed by atoms with Crippen LogP contribution in [-0.2, 0) is 0 Å². The number of nitrogens with zero attached hydrogens (tertiary/aromatic N) is 10. The number of amides is 2. The molecule has 2 aromatic carbocycles. The minimum atomic E-state index is -2.65. The van der Waals surface area contributed by atoms with Crippen LogP contribution in [0.4, 0.5) is 29.2 Å². The normalized spacial score (nSPS) is 15.3. The van der Waals surface area contributed by atoms with E-state index in [0.717, 1.165) is 47.3 Å². The van der Waals surface area contributed by atoms with E-state index in [9.17, 15) is 27.2 Å². The van der Waals surface area contributed by atoms with E-state index in [1.54, 1.807) is 48.8 Å². The summed E-state index contributed by atoms with van der Waals surface area (Å²) in [7, 11) is -1.66. The van der Waals surface area contributed by atoms with Crippen LogP contribution in [0, 0.1) is 10.5 Å². The molecule has 18 nitrogen and oxygen atoms in total. The number of alkyl halides is 4. The van der Waals surface area contributed by atoms with Crippen molar-refractivity contribution in [2.24, 2.45) is 0 Å². The minimum Gasteiger partial charge on any atom is -0.493 e. The van der Waals surface area contributed by atoms with Crippen molar-refractivity contribution in [2.75, 3.05) is 23.8 Å². The molecule has 4 N–H and O–H groups in total. The summed E-state index contributed by atoms with van der Waals surface area (Å²) >= 11 is 2.19. The molecule has 0 saturated heterocycles. The van der Waals surface area contributed by atoms with Crippen molar-refractivity contribution in [1.29, 1.82) is 0 Å². The number of aromatic nitrogens is 10. The molecular formula is C51H50BF4IN12O6S. The molecule has 0 unspecified atom stereocenters. The molecule has 4 bridgehead atoms. The molecule has 0 fully saturated rings. The van der Waals surface area contributed by atoms with Gasteiger partial charge in [-0.15, -0.1) is 20.4 Å². The van der Waals surface area contributed by atoms with Gasteiger partial charge in [0, 0.05) is 39.1 Å². The van der Waals surface area contributed by atoms with Crippen molar-refractivity contribution in [3.05, 3.63) is 148 Å². The lowest BCUT2D eigenvalue weighted by molar-refractivity contribution is 0.101. The summed E-state index contributed by atoms with van der Waals surface area (Å²) in [6.45, 7) is 7.08. The molecule has 2 aliphatic rings. The summed E-state index contributed by atoms with van der Waals surface area (Å²) in [4.78, 5) is 42.5. The third-order valence-corrected chi connectivity index (χ3v) is 12.6. The van der Waals surface area contributed by atoms with Crippen molar-refractivity contribution in [2.45, 2.75) is 71.4 Å². The quantitative estimate of drug-likeness (QED) is 0.0731. The summed E-state index contributed by atoms with van der Waals surface area (Å²) in [6, 6.07) is 27.0. The summed E-state index contributed by atoms with van der Waals surface area (Å²) < 4.78 is 66.6. The van der Waals surface area contributed by atoms with Gasteiger partial charge in [-0.3, -0.25) is 19.6 Å². The zero-order valence-electron chi connectivity index (χ0n) is 41.0. The first kappa shape index (κ1) is 56.4. The molecule has 2 atom stereocenters. The molecule has 6 aromatic heterocycles. The third kappa shape index (κ3) is 13.9. The van der Waals surface area contributed by atoms with Crippen molar-refractivity contribution < 1.29 is 46.7 Å². The number of anilines is 2. The van der Waals surface area contributed by atoms with E-state index >= 15 is 0 Å². The van der Waals surface area contributed by atoms with Gasteiger partial charge in [0.2, 0.25) is 0 Å². The maximum absolute atomic E-state index is 13.3. The standard InChI is InChI=1S/C26H24F2N6O2.C19H18IN5O2.C6H6BF2NO2.H2S/c1-15-5-4-12-36-22-11-9-17(18-8-10-20(24(27)28)29-14-18)13-19(22)26(35)31-23-7-3-6-21(30-23)25-33-32-16(2)34(15)25;1-12-4-3-9-27-16-8-7-13(20)10-14(16)19(26)23-17-6-2-5-15(22-17)18-24-21-11-25(12)18;8-6(9)5-2-1-4(3-10-5)7(11)12;/h3,6-11,13-15,24H,4-5,12H2,1-2H3,(H,30,31,35);2,5-8,10-12H,3-4,9H2,1H3,(H,22,23,26);1-3,6,11-12H;1H2/t15-;12-;;/m00../s1. The monoisotopic (exact) mass is 1170 g/mol. The number of halogens is 5. The molecule has 0 spiro atoms. The van der Waals surface area contributed by atoms with Gasteiger partial charge in [0.25, 0.3) is 24.7 Å². The van der Waals surface area contributed by atoms with Crippen LogP contribution in [0.15, 0.2) is 116 Å². The Hall–Kier alpha value is -7.36. The first-order valence-corrected chi connectivity index (χ1v) is 24.6. The predicted octanol–water partition coefficient (Wildman–Crippen LogP) is 9.38. The summed E-state index contributed by atoms with van der Waals surface area (Å²) in [5.74, 6) is 3.28. The lowest BCUT2D eigenvalue weighted by Crippen LogP contribution is -2.30. The number of hydrogen-bond acceptors (Lipinski definition) is 14. The fourth-order valence-electron chi connectivity index (χ4n) is 8.06. The average Bonchev–Trinajstić information content (AvgIpc) is 4.07. The second-order valence-corrected chi connectivity index (χ2v) is 18.5. The van der Waals surface area contributed by atoms with Gasteiger partial charge in [0.05, 0.1) is 24.3 Å². The van der Waals surface area contributed by atoms with E-state index in [0.29, 0.717) is 81.6 Å². The summed E-state index contributed by atoms with van der Waals surface area (Å²) in [5, 5.41) is 39.7. The van der Waals surface area contributed by atoms with E-state index in [2.05, 4.69) is 87.4 Å². The largest absolute Gasteiger partial charge is 0.493 e. The number of fused-ring (bicyclic) bond motifs is 10. The summed E-state index contributed by atoms with van der Waals surface area (Å²) in [5.41, 5.74) is 2.77. The van der Waals surface area contributed by atoms with Crippen LogP contribution in [-0.4, -0.2) is 91.7 Å². The molecule has 2 amide bonds. The number of ether oxygens (including phenoxy) is 2. The Labute approximate surface area is 454 Å². The first-order chi connectivity index (χ1) is 36.1. The van der Waals surface area contributed by atoms with E-state index in [1.165, 1.54) is 18.3 Å². The molecule has 8 heterocycles. The van der Waals surface area contributed by atoms with Crippen molar-refractivity contribution in [1.82, 2.24) is 49.5 Å². The number of pyridine rings is 4. The maximum Gasteiger partial charge on any atom is 0.490 e. The zero-order valence-corrected chi connectivity index (χ0v) is 44.1. The number of benzene rings is 2. The highest BCUT2D eigenvalue weighted by Gasteiger charge is 2.23. The smallest absolute Gasteiger partial charge is 0.490 e. The van der Waals surface area contributed by atoms with Gasteiger partial charge in [-0.25, -0.2) is 27.5 Å². The Morgan fingerprint density at radius 3 is 1.83 bits per heavy atom. The van der Waals surface area contributed by atoms with Crippen LogP contribution in [0.25, 0.3) is 34.2 Å². The van der Waals surface area contributed by atoms with Crippen molar-refractivity contribution in [3.63, 3.8) is 0 Å². The Bertz CT molecular complexity index is 3240. The molecule has 76 heavy (non-hydrogen) atoms. The van der Waals surface area contributed by atoms with Crippen LogP contribution in [0.2, 0.25) is 0 Å². The van der Waals surface area contributed by atoms with Gasteiger partial charge >= 0.3 is 7.12 Å². The molecule has 394 valence electrons. The highest BCUT2D eigenvalue weighted by molar-refractivity contribution is 14.1. The van der Waals surface area contributed by atoms with E-state index in [1.807, 2.05) is 52.5 Å². The van der Waals surface area contributed by atoms with E-state index in [4.69, 9.17) is 19.5 Å². The highest BCUT2D eigenvalue weighted by atomic mass is 127. The predicted molar refractivity (Wildman–Crippen MR) is 289 cm³/mol. The number of rotatable bonds is 4. The summed E-state index contributed by atoms with van der Waals surface area (Å²) in [6.07, 6.45) is 2.12. The number of aryl methyl sites for hydroxylation is 1. The maximum atomic E-state index is 13.3. The fourth-order valence-corrected chi connectivity index (χ4v) is 8.55. The Kier molecular flexibility index (Phi) is 19.2. The first-order valence-electron chi connectivity index (χ1n) is 23.6. The highest BCUT2D eigenvalue weighted by Crippen LogP contribution is 2.32. The van der Waals surface area contributed by atoms with Gasteiger partial charge < -0.3 is 39.3 Å². The van der Waals surface area contributed by atoms with Gasteiger partial charge in [-0.05, 0) is 141 Å². The van der Waals surface area contributed by atoms with Crippen LogP contribution in [0.5, 0.6) is 11.5 Å². The molecule has 0 aliphatic carbocycles. The number of hydrogen-bond donors (Lipinski definition) is 4. The van der Waals surface area contributed by atoms with Gasteiger partial charge in [0.1, 0.15) is 58.1 Å². The van der Waals surface area contributed by atoms with E-state index < -0.39 is 25.9 Å². The van der Waals surface area contributed by atoms with Crippen molar-refractivity contribution in [3.8, 4) is 45.7 Å². The Balaban J connectivity index is 0.000000184. The fraction of sp³-hybridized carbons (Fsp3) is 0.255. The molecule has 0 saturated carbocycles. The van der Waals surface area contributed by atoms with Crippen LogP contribution in [0.3, 0.4) is 0 Å². The second-order valence-electron chi connectivity index (χ2n) is 17.2. The SMILES string of the molecule is C[C@H]1CCCOc2ccc(I)cc2C(=O)Nc2cccc(n2)-c2nncn21.Cc1nnc2n1[C@@H](C)CCCOc1ccc(-c3ccc(C(F)F)nc3)cc1C(=O)Nc1cccc-2n1.OB(O)c1ccc(C(F)F)nc1.S. The van der Waals surface area contributed by atoms with Gasteiger partial charge in [-0.1, -0.05) is 30.3 Å². The lowest BCUT2D eigenvalue weighted by atomic mass is 9.82. The molecule has 10 rings (SSSR count). The van der Waals surface area contributed by atoms with Crippen molar-refractivity contribution >= 4 is 72.1 Å². The average molecular weight is 1170 g/mol. The van der Waals surface area contributed by atoms with Gasteiger partial charge in [0.15, 0.2) is 11.6 Å². The topological polar surface area (TPSA) is 230 Å². The third-order valence-electron chi connectivity index (χ3n) is 11.9. The molecular weight excluding hydrogens is 1120 g/mol.